The van der Waals surface area contributed by atoms with Crippen LogP contribution in [0.3, 0.4) is 0 Å². The van der Waals surface area contributed by atoms with Crippen LogP contribution >= 0.6 is 0 Å². The van der Waals surface area contributed by atoms with Crippen LogP contribution < -0.4 is 10.5 Å². The van der Waals surface area contributed by atoms with Gasteiger partial charge in [-0.3, -0.25) is 4.79 Å². The number of methoxy groups -OCH3 is 1. The normalized spacial score (nSPS) is 16.3. The molecule has 0 fully saturated rings. The highest BCUT2D eigenvalue weighted by atomic mass is 19.3. The lowest BCUT2D eigenvalue weighted by Gasteiger charge is -2.25. The summed E-state index contributed by atoms with van der Waals surface area (Å²) in [4.78, 5) is 25.4. The molecule has 1 aromatic carbocycles. The Hall–Kier alpha value is -2.77. The van der Waals surface area contributed by atoms with E-state index in [0.717, 1.165) is 11.3 Å². The molecule has 0 amide bonds. The lowest BCUT2D eigenvalue weighted by atomic mass is 10.1. The predicted molar refractivity (Wildman–Crippen MR) is 82.6 cm³/mol. The van der Waals surface area contributed by atoms with Crippen molar-refractivity contribution >= 4 is 17.5 Å². The van der Waals surface area contributed by atoms with Crippen molar-refractivity contribution in [1.29, 1.82) is 0 Å². The summed E-state index contributed by atoms with van der Waals surface area (Å²) in [7, 11) is 1.29. The maximum absolute atomic E-state index is 12.6. The number of halogens is 2. The zero-order valence-electron chi connectivity index (χ0n) is 12.9. The van der Waals surface area contributed by atoms with E-state index in [1.165, 1.54) is 19.2 Å². The van der Waals surface area contributed by atoms with Crippen molar-refractivity contribution in [3.8, 4) is 0 Å². The Morgan fingerprint density at radius 2 is 2.08 bits per heavy atom. The molecule has 2 aromatic rings. The fourth-order valence-electron chi connectivity index (χ4n) is 2.82. The standard InChI is InChI=1S/C16H15F2N3O3/c1-24-16(23)12-8-10-4-2-3-5-11(10)21(12)14-6-7-15(22)20(19-14)9-13(17)18/h2-7,12-13H,8-9H2,1H3. The predicted octanol–water partition coefficient (Wildman–Crippen LogP) is 1.74. The van der Waals surface area contributed by atoms with E-state index in [4.69, 9.17) is 4.74 Å². The molecule has 1 aliphatic heterocycles. The molecule has 24 heavy (non-hydrogen) atoms. The molecule has 3 rings (SSSR count). The van der Waals surface area contributed by atoms with Crippen molar-refractivity contribution in [3.63, 3.8) is 0 Å². The Morgan fingerprint density at radius 3 is 2.79 bits per heavy atom. The van der Waals surface area contributed by atoms with Gasteiger partial charge in [-0.1, -0.05) is 18.2 Å². The summed E-state index contributed by atoms with van der Waals surface area (Å²) in [5.74, 6) is -0.213. The number of para-hydroxylation sites is 1. The van der Waals surface area contributed by atoms with Gasteiger partial charge in [-0.25, -0.2) is 18.3 Å². The zero-order chi connectivity index (χ0) is 17.3. The number of fused-ring (bicyclic) bond motifs is 1. The molecule has 0 saturated carbocycles. The summed E-state index contributed by atoms with van der Waals surface area (Å²) < 4.78 is 30.8. The molecular formula is C16H15F2N3O3. The van der Waals surface area contributed by atoms with Crippen LogP contribution in [0, 0.1) is 0 Å². The van der Waals surface area contributed by atoms with Crippen molar-refractivity contribution in [2.45, 2.75) is 25.4 Å². The number of anilines is 2. The molecule has 2 heterocycles. The third kappa shape index (κ3) is 2.86. The van der Waals surface area contributed by atoms with Gasteiger partial charge in [0.15, 0.2) is 5.82 Å². The first-order chi connectivity index (χ1) is 11.5. The monoisotopic (exact) mass is 335 g/mol. The number of aromatic nitrogens is 2. The van der Waals surface area contributed by atoms with E-state index in [9.17, 15) is 18.4 Å². The molecule has 1 unspecified atom stereocenters. The van der Waals surface area contributed by atoms with E-state index < -0.39 is 30.5 Å². The quantitative estimate of drug-likeness (QED) is 0.797. The number of hydrogen-bond acceptors (Lipinski definition) is 5. The molecule has 0 aliphatic carbocycles. The van der Waals surface area contributed by atoms with Gasteiger partial charge < -0.3 is 9.64 Å². The molecule has 0 radical (unpaired) electrons. The molecule has 1 atom stereocenters. The van der Waals surface area contributed by atoms with Crippen molar-refractivity contribution in [1.82, 2.24) is 9.78 Å². The molecule has 8 heteroatoms. The molecule has 1 aromatic heterocycles. The lowest BCUT2D eigenvalue weighted by Crippen LogP contribution is -2.38. The second-order valence-electron chi connectivity index (χ2n) is 5.34. The summed E-state index contributed by atoms with van der Waals surface area (Å²) in [5.41, 5.74) is 1.03. The highest BCUT2D eigenvalue weighted by molar-refractivity contribution is 5.87. The Bertz CT molecular complexity index is 822. The smallest absolute Gasteiger partial charge is 0.329 e. The third-order valence-corrected chi connectivity index (χ3v) is 3.86. The molecule has 0 bridgehead atoms. The SMILES string of the molecule is COC(=O)C1Cc2ccccc2N1c1ccc(=O)n(CC(F)F)n1. The van der Waals surface area contributed by atoms with Gasteiger partial charge in [0.2, 0.25) is 0 Å². The number of carbonyl (C=O) groups excluding carboxylic acids is 1. The molecule has 1 aliphatic rings. The first kappa shape index (κ1) is 16.1. The summed E-state index contributed by atoms with van der Waals surface area (Å²) >= 11 is 0. The summed E-state index contributed by atoms with van der Waals surface area (Å²) in [6, 6.07) is 9.27. The number of esters is 1. The Labute approximate surface area is 136 Å². The van der Waals surface area contributed by atoms with E-state index in [2.05, 4.69) is 5.10 Å². The van der Waals surface area contributed by atoms with Crippen LogP contribution in [0.2, 0.25) is 0 Å². The highest BCUT2D eigenvalue weighted by Gasteiger charge is 2.37. The topological polar surface area (TPSA) is 64.4 Å². The van der Waals surface area contributed by atoms with Crippen LogP contribution in [0.25, 0.3) is 0 Å². The molecule has 0 saturated heterocycles. The zero-order valence-corrected chi connectivity index (χ0v) is 12.9. The Balaban J connectivity index is 2.07. The van der Waals surface area contributed by atoms with Crippen LogP contribution in [0.5, 0.6) is 0 Å². The van der Waals surface area contributed by atoms with Gasteiger partial charge in [-0.05, 0) is 17.7 Å². The third-order valence-electron chi connectivity index (χ3n) is 3.86. The number of carbonyl (C=O) groups is 1. The number of nitrogens with zero attached hydrogens (tertiary/aromatic N) is 3. The number of benzene rings is 1. The average molecular weight is 335 g/mol. The second-order valence-corrected chi connectivity index (χ2v) is 5.34. The molecule has 0 spiro atoms. The summed E-state index contributed by atoms with van der Waals surface area (Å²) in [6.07, 6.45) is -2.29. The molecule has 126 valence electrons. The molecular weight excluding hydrogens is 320 g/mol. The summed E-state index contributed by atoms with van der Waals surface area (Å²) in [5, 5.41) is 4.00. The van der Waals surface area contributed by atoms with Crippen LogP contribution in [-0.4, -0.2) is 35.3 Å². The van der Waals surface area contributed by atoms with Gasteiger partial charge in [0, 0.05) is 18.2 Å². The number of rotatable bonds is 4. The van der Waals surface area contributed by atoms with Crippen molar-refractivity contribution in [2.24, 2.45) is 0 Å². The minimum Gasteiger partial charge on any atom is -0.467 e. The van der Waals surface area contributed by atoms with Crippen LogP contribution in [0.1, 0.15) is 5.56 Å². The van der Waals surface area contributed by atoms with Crippen molar-refractivity contribution in [2.75, 3.05) is 12.0 Å². The highest BCUT2D eigenvalue weighted by Crippen LogP contribution is 2.37. The molecule has 0 N–H and O–H groups in total. The Kier molecular flexibility index (Phi) is 4.28. The van der Waals surface area contributed by atoms with E-state index in [1.54, 1.807) is 11.0 Å². The van der Waals surface area contributed by atoms with E-state index in [-0.39, 0.29) is 5.82 Å². The maximum atomic E-state index is 12.6. The van der Waals surface area contributed by atoms with Gasteiger partial charge in [-0.15, -0.1) is 0 Å². The average Bonchev–Trinajstić information content (AvgIpc) is 2.95. The van der Waals surface area contributed by atoms with Gasteiger partial charge in [-0.2, -0.15) is 5.10 Å². The van der Waals surface area contributed by atoms with Gasteiger partial charge in [0.1, 0.15) is 12.6 Å². The van der Waals surface area contributed by atoms with Crippen LogP contribution in [0.15, 0.2) is 41.2 Å². The van der Waals surface area contributed by atoms with Gasteiger partial charge in [0.25, 0.3) is 12.0 Å². The first-order valence-corrected chi connectivity index (χ1v) is 7.32. The number of alkyl halides is 2. The maximum Gasteiger partial charge on any atom is 0.329 e. The largest absolute Gasteiger partial charge is 0.467 e. The lowest BCUT2D eigenvalue weighted by molar-refractivity contribution is -0.141. The van der Waals surface area contributed by atoms with Gasteiger partial charge >= 0.3 is 5.97 Å². The van der Waals surface area contributed by atoms with Gasteiger partial charge in [0.05, 0.1) is 7.11 Å². The first-order valence-electron chi connectivity index (χ1n) is 7.32. The second kappa shape index (κ2) is 6.38. The minimum atomic E-state index is -2.70. The fraction of sp³-hybridized carbons (Fsp3) is 0.312. The number of ether oxygens (including phenoxy) is 1. The number of hydrogen-bond donors (Lipinski definition) is 0. The summed E-state index contributed by atoms with van der Waals surface area (Å²) in [6.45, 7) is -0.801. The fourth-order valence-corrected chi connectivity index (χ4v) is 2.82. The Morgan fingerprint density at radius 1 is 1.33 bits per heavy atom. The van der Waals surface area contributed by atoms with Crippen LogP contribution in [-0.2, 0) is 22.5 Å². The van der Waals surface area contributed by atoms with E-state index >= 15 is 0 Å². The molecule has 6 nitrogen and oxygen atoms in total. The van der Waals surface area contributed by atoms with Crippen molar-refractivity contribution in [3.05, 3.63) is 52.3 Å². The van der Waals surface area contributed by atoms with E-state index in [0.29, 0.717) is 11.1 Å². The minimum absolute atomic E-state index is 0.246. The van der Waals surface area contributed by atoms with Crippen LogP contribution in [0.4, 0.5) is 20.3 Å². The van der Waals surface area contributed by atoms with Crippen molar-refractivity contribution < 1.29 is 18.3 Å². The van der Waals surface area contributed by atoms with E-state index in [1.807, 2.05) is 18.2 Å².